The monoisotopic (exact) mass is 212 g/mol. The van der Waals surface area contributed by atoms with Gasteiger partial charge in [-0.1, -0.05) is 36.4 Å². The molecule has 2 heteroatoms. The summed E-state index contributed by atoms with van der Waals surface area (Å²) < 4.78 is 0. The fourth-order valence-electron chi connectivity index (χ4n) is 1.70. The van der Waals surface area contributed by atoms with Gasteiger partial charge in [0, 0.05) is 11.6 Å². The van der Waals surface area contributed by atoms with Crippen LogP contribution >= 0.6 is 0 Å². The summed E-state index contributed by atoms with van der Waals surface area (Å²) in [5.74, 6) is 0.612. The van der Waals surface area contributed by atoms with Gasteiger partial charge in [0.05, 0.1) is 0 Å². The van der Waals surface area contributed by atoms with Gasteiger partial charge in [0.15, 0.2) is 0 Å². The molecule has 0 radical (unpaired) electrons. The Kier molecular flexibility index (Phi) is 2.91. The first kappa shape index (κ1) is 10.7. The fraction of sp³-hybridized carbons (Fsp3) is 0.214. The quantitative estimate of drug-likeness (QED) is 0.603. The summed E-state index contributed by atoms with van der Waals surface area (Å²) in [6.45, 7) is 4.04. The molecule has 2 rings (SSSR count). The highest BCUT2D eigenvalue weighted by Crippen LogP contribution is 2.15. The minimum Gasteiger partial charge on any atom is -0.383 e. The lowest BCUT2D eigenvalue weighted by atomic mass is 10.1. The zero-order chi connectivity index (χ0) is 11.5. The van der Waals surface area contributed by atoms with Crippen LogP contribution in [0.25, 0.3) is 10.8 Å². The number of nitrogens with two attached hydrogens (primary N) is 1. The normalized spacial score (nSPS) is 12.3. The molecule has 16 heavy (non-hydrogen) atoms. The third-order valence-electron chi connectivity index (χ3n) is 2.44. The molecule has 2 nitrogen and oxygen atoms in total. The van der Waals surface area contributed by atoms with Crippen LogP contribution in [0.4, 0.5) is 0 Å². The Morgan fingerprint density at radius 2 is 1.75 bits per heavy atom. The van der Waals surface area contributed by atoms with E-state index >= 15 is 0 Å². The van der Waals surface area contributed by atoms with Crippen molar-refractivity contribution >= 4 is 16.6 Å². The van der Waals surface area contributed by atoms with E-state index in [0.717, 1.165) is 5.56 Å². The van der Waals surface area contributed by atoms with Crippen LogP contribution in [0.15, 0.2) is 47.5 Å². The first-order chi connectivity index (χ1) is 7.66. The van der Waals surface area contributed by atoms with Crippen molar-refractivity contribution in [2.24, 2.45) is 10.7 Å². The van der Waals surface area contributed by atoms with Gasteiger partial charge in [0.25, 0.3) is 0 Å². The summed E-state index contributed by atoms with van der Waals surface area (Å²) in [6, 6.07) is 14.6. The van der Waals surface area contributed by atoms with Crippen LogP contribution in [-0.2, 0) is 0 Å². The Morgan fingerprint density at radius 3 is 2.44 bits per heavy atom. The smallest absolute Gasteiger partial charge is 0.125 e. The molecule has 0 heterocycles. The zero-order valence-electron chi connectivity index (χ0n) is 9.64. The largest absolute Gasteiger partial charge is 0.383 e. The summed E-state index contributed by atoms with van der Waals surface area (Å²) in [4.78, 5) is 4.35. The number of hydrogen-bond acceptors (Lipinski definition) is 1. The molecule has 0 aliphatic carbocycles. The molecule has 0 aliphatic rings. The number of amidine groups is 1. The van der Waals surface area contributed by atoms with Crippen molar-refractivity contribution in [3.63, 3.8) is 0 Å². The van der Waals surface area contributed by atoms with E-state index in [9.17, 15) is 0 Å². The molecular formula is C14H16N2. The van der Waals surface area contributed by atoms with Crippen LogP contribution in [0.1, 0.15) is 19.4 Å². The second kappa shape index (κ2) is 4.35. The minimum atomic E-state index is 0.228. The maximum atomic E-state index is 5.94. The van der Waals surface area contributed by atoms with Gasteiger partial charge in [-0.15, -0.1) is 0 Å². The van der Waals surface area contributed by atoms with E-state index in [1.54, 1.807) is 0 Å². The van der Waals surface area contributed by atoms with E-state index in [1.807, 2.05) is 32.0 Å². The minimum absolute atomic E-state index is 0.228. The highest BCUT2D eigenvalue weighted by molar-refractivity contribution is 6.01. The van der Waals surface area contributed by atoms with Crippen molar-refractivity contribution in [3.05, 3.63) is 48.0 Å². The standard InChI is InChI=1S/C14H16N2/c1-10(2)16-14(15)13-8-7-11-5-3-4-6-12(11)9-13/h3-10H,1-2H3,(H2,15,16). The van der Waals surface area contributed by atoms with Gasteiger partial charge < -0.3 is 5.73 Å². The number of aliphatic imine (C=N–C) groups is 1. The van der Waals surface area contributed by atoms with Gasteiger partial charge in [-0.2, -0.15) is 0 Å². The van der Waals surface area contributed by atoms with Crippen molar-refractivity contribution in [3.8, 4) is 0 Å². The summed E-state index contributed by atoms with van der Waals surface area (Å²) in [7, 11) is 0. The average Bonchev–Trinajstić information content (AvgIpc) is 2.27. The number of rotatable bonds is 2. The predicted molar refractivity (Wildman–Crippen MR) is 69.8 cm³/mol. The van der Waals surface area contributed by atoms with Crippen molar-refractivity contribution in [2.75, 3.05) is 0 Å². The molecule has 0 bridgehead atoms. The molecule has 2 N–H and O–H groups in total. The van der Waals surface area contributed by atoms with Crippen molar-refractivity contribution in [2.45, 2.75) is 19.9 Å². The van der Waals surface area contributed by atoms with Crippen LogP contribution in [-0.4, -0.2) is 11.9 Å². The third kappa shape index (κ3) is 2.22. The number of fused-ring (bicyclic) bond motifs is 1. The molecule has 0 spiro atoms. The van der Waals surface area contributed by atoms with Crippen LogP contribution in [0, 0.1) is 0 Å². The van der Waals surface area contributed by atoms with Gasteiger partial charge in [0.1, 0.15) is 5.84 Å². The molecule has 0 aromatic heterocycles. The summed E-state index contributed by atoms with van der Waals surface area (Å²) in [5.41, 5.74) is 6.93. The Bertz CT molecular complexity index is 527. The van der Waals surface area contributed by atoms with E-state index in [4.69, 9.17) is 5.73 Å². The Morgan fingerprint density at radius 1 is 1.06 bits per heavy atom. The number of hydrogen-bond donors (Lipinski definition) is 1. The molecule has 0 fully saturated rings. The fourth-order valence-corrected chi connectivity index (χ4v) is 1.70. The van der Waals surface area contributed by atoms with Gasteiger partial charge in [0.2, 0.25) is 0 Å². The molecule has 82 valence electrons. The second-order valence-electron chi connectivity index (χ2n) is 4.17. The van der Waals surface area contributed by atoms with Crippen molar-refractivity contribution < 1.29 is 0 Å². The van der Waals surface area contributed by atoms with E-state index in [-0.39, 0.29) is 6.04 Å². The zero-order valence-corrected chi connectivity index (χ0v) is 9.64. The summed E-state index contributed by atoms with van der Waals surface area (Å²) in [5, 5.41) is 2.42. The van der Waals surface area contributed by atoms with Gasteiger partial charge in [-0.05, 0) is 30.7 Å². The van der Waals surface area contributed by atoms with Crippen LogP contribution < -0.4 is 5.73 Å². The molecule has 0 amide bonds. The lowest BCUT2D eigenvalue weighted by Gasteiger charge is -2.05. The second-order valence-corrected chi connectivity index (χ2v) is 4.17. The first-order valence-corrected chi connectivity index (χ1v) is 5.49. The maximum Gasteiger partial charge on any atom is 0.125 e. The molecule has 2 aromatic rings. The van der Waals surface area contributed by atoms with E-state index in [1.165, 1.54) is 10.8 Å². The Hall–Kier alpha value is -1.83. The molecule has 0 saturated carbocycles. The number of nitrogens with zero attached hydrogens (tertiary/aromatic N) is 1. The van der Waals surface area contributed by atoms with Gasteiger partial charge in [-0.3, -0.25) is 4.99 Å². The van der Waals surface area contributed by atoms with Gasteiger partial charge >= 0.3 is 0 Å². The van der Waals surface area contributed by atoms with Crippen LogP contribution in [0.2, 0.25) is 0 Å². The summed E-state index contributed by atoms with van der Waals surface area (Å²) >= 11 is 0. The number of benzene rings is 2. The molecule has 0 atom stereocenters. The molecular weight excluding hydrogens is 196 g/mol. The van der Waals surface area contributed by atoms with E-state index < -0.39 is 0 Å². The van der Waals surface area contributed by atoms with Crippen molar-refractivity contribution in [1.29, 1.82) is 0 Å². The first-order valence-electron chi connectivity index (χ1n) is 5.49. The average molecular weight is 212 g/mol. The SMILES string of the molecule is CC(C)N=C(N)c1ccc2ccccc2c1. The van der Waals surface area contributed by atoms with Crippen molar-refractivity contribution in [1.82, 2.24) is 0 Å². The van der Waals surface area contributed by atoms with Gasteiger partial charge in [-0.25, -0.2) is 0 Å². The Labute approximate surface area is 95.8 Å². The predicted octanol–water partition coefficient (Wildman–Crippen LogP) is 2.95. The van der Waals surface area contributed by atoms with E-state index in [0.29, 0.717) is 5.84 Å². The van der Waals surface area contributed by atoms with Crippen LogP contribution in [0.5, 0.6) is 0 Å². The highest BCUT2D eigenvalue weighted by atomic mass is 14.9. The molecule has 2 aromatic carbocycles. The lowest BCUT2D eigenvalue weighted by molar-refractivity contribution is 0.834. The highest BCUT2D eigenvalue weighted by Gasteiger charge is 2.00. The third-order valence-corrected chi connectivity index (χ3v) is 2.44. The molecule has 0 unspecified atom stereocenters. The van der Waals surface area contributed by atoms with Crippen LogP contribution in [0.3, 0.4) is 0 Å². The molecule has 0 aliphatic heterocycles. The maximum absolute atomic E-state index is 5.94. The molecule has 0 saturated heterocycles. The lowest BCUT2D eigenvalue weighted by Crippen LogP contribution is -2.15. The summed E-state index contributed by atoms with van der Waals surface area (Å²) in [6.07, 6.45) is 0. The topological polar surface area (TPSA) is 38.4 Å². The Balaban J connectivity index is 2.47. The van der Waals surface area contributed by atoms with E-state index in [2.05, 4.69) is 29.3 Å².